The van der Waals surface area contributed by atoms with Gasteiger partial charge in [0.05, 0.1) is 5.56 Å². The Hall–Kier alpha value is -1.55. The number of aromatic hydroxyl groups is 1. The number of hydrogen-bond donors (Lipinski definition) is 3. The number of carbonyl (C=O) groups is 1. The smallest absolute Gasteiger partial charge is 0.255 e. The van der Waals surface area contributed by atoms with Crippen LogP contribution >= 0.6 is 0 Å². The number of phenolic OH excluding ortho intramolecular Hbond substituents is 1. The first kappa shape index (κ1) is 15.5. The van der Waals surface area contributed by atoms with E-state index in [0.717, 1.165) is 18.4 Å². The molecule has 0 aromatic heterocycles. The Morgan fingerprint density at radius 2 is 2.00 bits per heavy atom. The third-order valence-electron chi connectivity index (χ3n) is 3.95. The van der Waals surface area contributed by atoms with Gasteiger partial charge in [-0.2, -0.15) is 0 Å². The summed E-state index contributed by atoms with van der Waals surface area (Å²) in [4.78, 5) is 12.1. The van der Waals surface area contributed by atoms with Crippen molar-refractivity contribution in [2.24, 2.45) is 11.1 Å². The van der Waals surface area contributed by atoms with Crippen LogP contribution in [0.3, 0.4) is 0 Å². The zero-order valence-corrected chi connectivity index (χ0v) is 12.0. The molecule has 19 heavy (non-hydrogen) atoms. The van der Waals surface area contributed by atoms with Gasteiger partial charge in [-0.25, -0.2) is 0 Å². The Balaban J connectivity index is 2.75. The van der Waals surface area contributed by atoms with E-state index in [1.807, 2.05) is 13.0 Å². The molecule has 4 nitrogen and oxygen atoms in total. The van der Waals surface area contributed by atoms with Crippen LogP contribution in [0.2, 0.25) is 0 Å². The lowest BCUT2D eigenvalue weighted by Crippen LogP contribution is -2.41. The molecular formula is C15H24N2O2. The van der Waals surface area contributed by atoms with E-state index in [2.05, 4.69) is 19.2 Å². The average molecular weight is 264 g/mol. The van der Waals surface area contributed by atoms with Crippen LogP contribution in [0, 0.1) is 12.3 Å². The molecule has 0 aliphatic rings. The molecule has 0 unspecified atom stereocenters. The lowest BCUT2D eigenvalue weighted by atomic mass is 9.82. The Morgan fingerprint density at radius 3 is 2.47 bits per heavy atom. The quantitative estimate of drug-likeness (QED) is 0.737. The van der Waals surface area contributed by atoms with Crippen LogP contribution in [0.25, 0.3) is 0 Å². The topological polar surface area (TPSA) is 75.3 Å². The van der Waals surface area contributed by atoms with Crippen molar-refractivity contribution in [1.82, 2.24) is 5.32 Å². The van der Waals surface area contributed by atoms with E-state index in [1.165, 1.54) is 0 Å². The van der Waals surface area contributed by atoms with Gasteiger partial charge in [-0.05, 0) is 49.4 Å². The molecule has 106 valence electrons. The van der Waals surface area contributed by atoms with Crippen LogP contribution < -0.4 is 11.1 Å². The van der Waals surface area contributed by atoms with Gasteiger partial charge in [-0.3, -0.25) is 4.79 Å². The lowest BCUT2D eigenvalue weighted by molar-refractivity contribution is 0.0925. The first-order valence-electron chi connectivity index (χ1n) is 6.76. The van der Waals surface area contributed by atoms with Gasteiger partial charge >= 0.3 is 0 Å². The van der Waals surface area contributed by atoms with Gasteiger partial charge in [-0.15, -0.1) is 0 Å². The van der Waals surface area contributed by atoms with Crippen molar-refractivity contribution in [2.45, 2.75) is 33.6 Å². The van der Waals surface area contributed by atoms with Crippen molar-refractivity contribution >= 4 is 5.91 Å². The minimum absolute atomic E-state index is 0.0174. The summed E-state index contributed by atoms with van der Waals surface area (Å²) in [6, 6.07) is 5.04. The molecule has 4 heteroatoms. The summed E-state index contributed by atoms with van der Waals surface area (Å²) in [6.45, 7) is 7.09. The minimum Gasteiger partial charge on any atom is -0.507 e. The summed E-state index contributed by atoms with van der Waals surface area (Å²) in [5, 5.41) is 12.7. The van der Waals surface area contributed by atoms with Crippen LogP contribution in [-0.4, -0.2) is 24.1 Å². The highest BCUT2D eigenvalue weighted by atomic mass is 16.3. The highest BCUT2D eigenvalue weighted by Gasteiger charge is 2.25. The Bertz CT molecular complexity index is 432. The van der Waals surface area contributed by atoms with Crippen LogP contribution in [0.1, 0.15) is 42.6 Å². The number of hydrogen-bond acceptors (Lipinski definition) is 3. The van der Waals surface area contributed by atoms with E-state index in [1.54, 1.807) is 12.1 Å². The molecule has 0 aliphatic heterocycles. The third-order valence-corrected chi connectivity index (χ3v) is 3.95. The molecule has 0 aliphatic carbocycles. The molecule has 0 saturated carbocycles. The van der Waals surface area contributed by atoms with Gasteiger partial charge in [0.15, 0.2) is 0 Å². The normalized spacial score (nSPS) is 11.4. The van der Waals surface area contributed by atoms with Crippen LogP contribution in [0.4, 0.5) is 0 Å². The van der Waals surface area contributed by atoms with Gasteiger partial charge in [0.1, 0.15) is 5.75 Å². The number of benzene rings is 1. The Kier molecular flexibility index (Phi) is 5.36. The maximum Gasteiger partial charge on any atom is 0.255 e. The molecule has 1 rings (SSSR count). The van der Waals surface area contributed by atoms with Gasteiger partial charge < -0.3 is 16.2 Å². The van der Waals surface area contributed by atoms with Crippen LogP contribution in [-0.2, 0) is 0 Å². The zero-order valence-electron chi connectivity index (χ0n) is 12.0. The van der Waals surface area contributed by atoms with Gasteiger partial charge in [0.25, 0.3) is 5.91 Å². The third kappa shape index (κ3) is 3.70. The highest BCUT2D eigenvalue weighted by molar-refractivity contribution is 5.96. The van der Waals surface area contributed by atoms with Crippen molar-refractivity contribution in [1.29, 1.82) is 0 Å². The van der Waals surface area contributed by atoms with Gasteiger partial charge in [-0.1, -0.05) is 19.9 Å². The summed E-state index contributed by atoms with van der Waals surface area (Å²) >= 11 is 0. The molecule has 1 aromatic carbocycles. The molecule has 0 bridgehead atoms. The maximum absolute atomic E-state index is 12.1. The number of nitrogens with two attached hydrogens (primary N) is 1. The van der Waals surface area contributed by atoms with Crippen LogP contribution in [0.5, 0.6) is 5.75 Å². The van der Waals surface area contributed by atoms with E-state index in [-0.39, 0.29) is 17.1 Å². The number of rotatable bonds is 6. The number of nitrogens with one attached hydrogen (secondary N) is 1. The summed E-state index contributed by atoms with van der Waals surface area (Å²) in [5.41, 5.74) is 6.98. The Morgan fingerprint density at radius 1 is 1.37 bits per heavy atom. The standard InChI is InChI=1S/C15H24N2O2/c1-4-15(5-2,9-16)10-17-14(19)12-7-6-11(3)8-13(12)18/h6-8,18H,4-5,9-10,16H2,1-3H3,(H,17,19). The van der Waals surface area contributed by atoms with Crippen LogP contribution in [0.15, 0.2) is 18.2 Å². The fourth-order valence-corrected chi connectivity index (χ4v) is 2.06. The molecule has 4 N–H and O–H groups in total. The van der Waals surface area contributed by atoms with Crippen molar-refractivity contribution in [3.05, 3.63) is 29.3 Å². The fourth-order valence-electron chi connectivity index (χ4n) is 2.06. The molecule has 0 atom stereocenters. The first-order chi connectivity index (χ1) is 8.98. The predicted molar refractivity (Wildman–Crippen MR) is 77.2 cm³/mol. The predicted octanol–water partition coefficient (Wildman–Crippen LogP) is 2.20. The SMILES string of the molecule is CCC(CC)(CN)CNC(=O)c1ccc(C)cc1O. The number of aryl methyl sites for hydroxylation is 1. The first-order valence-corrected chi connectivity index (χ1v) is 6.76. The molecule has 0 saturated heterocycles. The monoisotopic (exact) mass is 264 g/mol. The van der Waals surface area contributed by atoms with Gasteiger partial charge in [0.2, 0.25) is 0 Å². The largest absolute Gasteiger partial charge is 0.507 e. The molecule has 1 aromatic rings. The second-order valence-electron chi connectivity index (χ2n) is 5.11. The van der Waals surface area contributed by atoms with E-state index in [0.29, 0.717) is 18.7 Å². The molecular weight excluding hydrogens is 240 g/mol. The van der Waals surface area contributed by atoms with Crippen molar-refractivity contribution in [3.63, 3.8) is 0 Å². The van der Waals surface area contributed by atoms with E-state index in [4.69, 9.17) is 5.73 Å². The second kappa shape index (κ2) is 6.57. The highest BCUT2D eigenvalue weighted by Crippen LogP contribution is 2.24. The van der Waals surface area contributed by atoms with Crippen molar-refractivity contribution in [2.75, 3.05) is 13.1 Å². The summed E-state index contributed by atoms with van der Waals surface area (Å²) in [6.07, 6.45) is 1.83. The summed E-state index contributed by atoms with van der Waals surface area (Å²) in [5.74, 6) is -0.235. The summed E-state index contributed by atoms with van der Waals surface area (Å²) < 4.78 is 0. The molecule has 1 amide bonds. The van der Waals surface area contributed by atoms with E-state index in [9.17, 15) is 9.90 Å². The number of amides is 1. The van der Waals surface area contributed by atoms with E-state index >= 15 is 0 Å². The minimum atomic E-state index is -0.253. The molecule has 0 spiro atoms. The molecule has 0 fully saturated rings. The lowest BCUT2D eigenvalue weighted by Gasteiger charge is -2.30. The average Bonchev–Trinajstić information content (AvgIpc) is 2.40. The van der Waals surface area contributed by atoms with E-state index < -0.39 is 0 Å². The summed E-state index contributed by atoms with van der Waals surface area (Å²) in [7, 11) is 0. The zero-order chi connectivity index (χ0) is 14.5. The fraction of sp³-hybridized carbons (Fsp3) is 0.533. The van der Waals surface area contributed by atoms with Crippen molar-refractivity contribution < 1.29 is 9.90 Å². The molecule has 0 radical (unpaired) electrons. The second-order valence-corrected chi connectivity index (χ2v) is 5.11. The Labute approximate surface area is 115 Å². The molecule has 0 heterocycles. The number of phenols is 1. The number of carbonyl (C=O) groups excluding carboxylic acids is 1. The van der Waals surface area contributed by atoms with Gasteiger partial charge in [0, 0.05) is 6.54 Å². The van der Waals surface area contributed by atoms with Crippen molar-refractivity contribution in [3.8, 4) is 5.75 Å². The maximum atomic E-state index is 12.1.